The van der Waals surface area contributed by atoms with Crippen LogP contribution < -0.4 is 15.4 Å². The summed E-state index contributed by atoms with van der Waals surface area (Å²) in [5.74, 6) is 0.920. The molecule has 6 rings (SSSR count). The van der Waals surface area contributed by atoms with Crippen LogP contribution in [0.15, 0.2) is 48.7 Å². The van der Waals surface area contributed by atoms with E-state index in [1.54, 1.807) is 12.3 Å². The topological polar surface area (TPSA) is 80.3 Å². The molecule has 3 fully saturated rings. The predicted octanol–water partition coefficient (Wildman–Crippen LogP) is 3.21. The number of aromatic nitrogens is 1. The van der Waals surface area contributed by atoms with E-state index in [0.717, 1.165) is 25.0 Å². The molecule has 1 aromatic heterocycles. The monoisotopic (exact) mass is 391 g/mol. The lowest BCUT2D eigenvalue weighted by molar-refractivity contribution is -0.147. The highest BCUT2D eigenvalue weighted by Gasteiger charge is 2.57. The summed E-state index contributed by atoms with van der Waals surface area (Å²) in [4.78, 5) is 30.1. The van der Waals surface area contributed by atoms with Crippen molar-refractivity contribution in [1.82, 2.24) is 15.6 Å². The van der Waals surface area contributed by atoms with Crippen molar-refractivity contribution in [2.24, 2.45) is 17.8 Å². The van der Waals surface area contributed by atoms with E-state index in [0.29, 0.717) is 17.7 Å². The molecule has 150 valence electrons. The van der Waals surface area contributed by atoms with E-state index < -0.39 is 5.72 Å². The number of para-hydroxylation sites is 1. The summed E-state index contributed by atoms with van der Waals surface area (Å²) in [7, 11) is 0. The van der Waals surface area contributed by atoms with Crippen molar-refractivity contribution in [2.45, 2.75) is 44.4 Å². The number of fused-ring (bicyclic) bond motifs is 3. The van der Waals surface area contributed by atoms with E-state index in [2.05, 4.69) is 15.6 Å². The van der Waals surface area contributed by atoms with Gasteiger partial charge in [0.2, 0.25) is 5.91 Å². The molecule has 2 bridgehead atoms. The molecule has 3 aliphatic carbocycles. The summed E-state index contributed by atoms with van der Waals surface area (Å²) in [6.07, 6.45) is 5.10. The Morgan fingerprint density at radius 3 is 2.83 bits per heavy atom. The molecule has 1 aliphatic heterocycles. The molecule has 5 atom stereocenters. The molecule has 3 saturated carbocycles. The maximum absolute atomic E-state index is 13.0. The second kappa shape index (κ2) is 6.87. The summed E-state index contributed by atoms with van der Waals surface area (Å²) in [5.41, 5.74) is 0.758. The van der Waals surface area contributed by atoms with Crippen LogP contribution >= 0.6 is 0 Å². The number of rotatable bonds is 3. The van der Waals surface area contributed by atoms with Gasteiger partial charge < -0.3 is 15.4 Å². The van der Waals surface area contributed by atoms with Gasteiger partial charge in [-0.15, -0.1) is 0 Å². The van der Waals surface area contributed by atoms with Gasteiger partial charge in [0.05, 0.1) is 17.3 Å². The van der Waals surface area contributed by atoms with E-state index in [1.165, 1.54) is 0 Å². The molecule has 1 spiro atoms. The molecule has 2 N–H and O–H groups in total. The Labute approximate surface area is 170 Å². The zero-order chi connectivity index (χ0) is 20.0. The first-order valence-corrected chi connectivity index (χ1v) is 10.4. The van der Waals surface area contributed by atoms with Crippen molar-refractivity contribution in [3.8, 4) is 5.75 Å². The third-order valence-electron chi connectivity index (χ3n) is 6.79. The Balaban J connectivity index is 1.32. The first-order chi connectivity index (χ1) is 14.1. The Morgan fingerprint density at radius 2 is 2.07 bits per heavy atom. The quantitative estimate of drug-likeness (QED) is 0.842. The van der Waals surface area contributed by atoms with Gasteiger partial charge in [-0.1, -0.05) is 18.2 Å². The zero-order valence-corrected chi connectivity index (χ0v) is 16.4. The van der Waals surface area contributed by atoms with Crippen molar-refractivity contribution in [3.05, 3.63) is 59.9 Å². The number of amides is 2. The van der Waals surface area contributed by atoms with Gasteiger partial charge in [0, 0.05) is 24.5 Å². The maximum Gasteiger partial charge on any atom is 0.258 e. The van der Waals surface area contributed by atoms with Gasteiger partial charge in [0.15, 0.2) is 5.72 Å². The lowest BCUT2D eigenvalue weighted by atomic mass is 9.60. The van der Waals surface area contributed by atoms with Crippen LogP contribution in [-0.2, 0) is 4.79 Å². The van der Waals surface area contributed by atoms with E-state index in [1.807, 2.05) is 43.3 Å². The molecule has 29 heavy (non-hydrogen) atoms. The van der Waals surface area contributed by atoms with Gasteiger partial charge in [-0.3, -0.25) is 14.6 Å². The summed E-state index contributed by atoms with van der Waals surface area (Å²) < 4.78 is 6.37. The van der Waals surface area contributed by atoms with Crippen LogP contribution in [0.5, 0.6) is 5.75 Å². The minimum Gasteiger partial charge on any atom is -0.467 e. The minimum absolute atomic E-state index is 0.0526. The highest BCUT2D eigenvalue weighted by Crippen LogP contribution is 2.52. The number of benzene rings is 1. The molecule has 2 heterocycles. The van der Waals surface area contributed by atoms with Gasteiger partial charge >= 0.3 is 0 Å². The van der Waals surface area contributed by atoms with Crippen molar-refractivity contribution in [1.29, 1.82) is 0 Å². The fourth-order valence-electron chi connectivity index (χ4n) is 5.31. The molecule has 6 nitrogen and oxygen atoms in total. The molecule has 2 amide bonds. The van der Waals surface area contributed by atoms with Gasteiger partial charge in [-0.05, 0) is 56.4 Å². The van der Waals surface area contributed by atoms with Crippen LogP contribution in [0.1, 0.15) is 54.7 Å². The number of carbonyl (C=O) groups excluding carboxylic acids is 2. The third-order valence-corrected chi connectivity index (χ3v) is 6.79. The van der Waals surface area contributed by atoms with Crippen LogP contribution in [0.2, 0.25) is 0 Å². The minimum atomic E-state index is -0.683. The number of pyridine rings is 1. The number of ether oxygens (including phenoxy) is 1. The molecule has 0 saturated heterocycles. The fraction of sp³-hybridized carbons (Fsp3) is 0.435. The van der Waals surface area contributed by atoms with Gasteiger partial charge in [-0.2, -0.15) is 0 Å². The van der Waals surface area contributed by atoms with Crippen molar-refractivity contribution in [3.63, 3.8) is 0 Å². The number of nitrogens with one attached hydrogen (secondary N) is 2. The summed E-state index contributed by atoms with van der Waals surface area (Å²) in [6.45, 7) is 1.96. The standard InChI is InChI=1S/C23H25N3O3/c1-14(19-7-4-5-11-24-19)25-21(27)18-12-16-10-9-15(18)13-23(16)26-22(28)17-6-2-3-8-20(17)29-23/h2-8,11,14-16,18H,9-10,12-13H2,1H3,(H,25,27)(H,26,28)/t14-,15-,16+,18-,23+/m1/s1. The smallest absolute Gasteiger partial charge is 0.258 e. The van der Waals surface area contributed by atoms with Crippen LogP contribution in [0.3, 0.4) is 0 Å². The Bertz CT molecular complexity index is 947. The number of hydrogen-bond acceptors (Lipinski definition) is 4. The summed E-state index contributed by atoms with van der Waals surface area (Å²) in [5, 5.41) is 6.28. The van der Waals surface area contributed by atoms with Gasteiger partial charge in [-0.25, -0.2) is 0 Å². The Morgan fingerprint density at radius 1 is 1.24 bits per heavy atom. The SMILES string of the molecule is C[C@@H](NC(=O)[C@@H]1C[C@@H]2CC[C@@H]1C[C@@]21NC(=O)c2ccccc2O1)c1ccccn1. The molecule has 1 aromatic carbocycles. The molecule has 0 unspecified atom stereocenters. The van der Waals surface area contributed by atoms with E-state index in [-0.39, 0.29) is 35.6 Å². The Hall–Kier alpha value is -2.89. The van der Waals surface area contributed by atoms with Crippen molar-refractivity contribution < 1.29 is 14.3 Å². The molecule has 4 aliphatic rings. The second-order valence-corrected chi connectivity index (χ2v) is 8.51. The Kier molecular flexibility index (Phi) is 4.30. The molecular formula is C23H25N3O3. The van der Waals surface area contributed by atoms with E-state index in [9.17, 15) is 9.59 Å². The average Bonchev–Trinajstić information content (AvgIpc) is 2.74. The lowest BCUT2D eigenvalue weighted by Crippen LogP contribution is -2.67. The lowest BCUT2D eigenvalue weighted by Gasteiger charge is -2.55. The predicted molar refractivity (Wildman–Crippen MR) is 107 cm³/mol. The highest BCUT2D eigenvalue weighted by molar-refractivity contribution is 5.98. The molecule has 0 radical (unpaired) electrons. The van der Waals surface area contributed by atoms with Crippen molar-refractivity contribution in [2.75, 3.05) is 0 Å². The van der Waals surface area contributed by atoms with Crippen LogP contribution in [0, 0.1) is 17.8 Å². The van der Waals surface area contributed by atoms with Crippen molar-refractivity contribution >= 4 is 11.8 Å². The number of hydrogen-bond donors (Lipinski definition) is 2. The normalized spacial score (nSPS) is 30.8. The maximum atomic E-state index is 13.0. The fourth-order valence-corrected chi connectivity index (χ4v) is 5.31. The summed E-state index contributed by atoms with van der Waals surface area (Å²) >= 11 is 0. The van der Waals surface area contributed by atoms with E-state index in [4.69, 9.17) is 4.74 Å². The number of carbonyl (C=O) groups is 2. The van der Waals surface area contributed by atoms with Crippen LogP contribution in [-0.4, -0.2) is 22.5 Å². The summed E-state index contributed by atoms with van der Waals surface area (Å²) in [6, 6.07) is 13.0. The number of nitrogens with zero attached hydrogens (tertiary/aromatic N) is 1. The van der Waals surface area contributed by atoms with Crippen LogP contribution in [0.25, 0.3) is 0 Å². The van der Waals surface area contributed by atoms with Crippen LogP contribution in [0.4, 0.5) is 0 Å². The first kappa shape index (κ1) is 18.2. The molecular weight excluding hydrogens is 366 g/mol. The second-order valence-electron chi connectivity index (χ2n) is 8.51. The average molecular weight is 391 g/mol. The third kappa shape index (κ3) is 3.07. The highest BCUT2D eigenvalue weighted by atomic mass is 16.5. The largest absolute Gasteiger partial charge is 0.467 e. The molecule has 2 aromatic rings. The van der Waals surface area contributed by atoms with Gasteiger partial charge in [0.25, 0.3) is 5.91 Å². The van der Waals surface area contributed by atoms with Gasteiger partial charge in [0.1, 0.15) is 5.75 Å². The first-order valence-electron chi connectivity index (χ1n) is 10.4. The van der Waals surface area contributed by atoms with E-state index >= 15 is 0 Å². The zero-order valence-electron chi connectivity index (χ0n) is 16.4. The molecule has 6 heteroatoms.